The number of rotatable bonds is 6. The smallest absolute Gasteiger partial charge is 0.342 e. The van der Waals surface area contributed by atoms with Crippen LogP contribution in [0.4, 0.5) is 0 Å². The molecule has 1 aromatic carbocycles. The van der Waals surface area contributed by atoms with Crippen LogP contribution in [0.15, 0.2) is 52.6 Å². The second kappa shape index (κ2) is 9.77. The number of Topliss-reactive ketones (excluding diaryl/α,β-unsaturated/α-hetero) is 2. The van der Waals surface area contributed by atoms with Crippen LogP contribution in [0, 0.1) is 10.8 Å². The van der Waals surface area contributed by atoms with Crippen molar-refractivity contribution in [3.63, 3.8) is 0 Å². The molecule has 33 heavy (non-hydrogen) atoms. The Hall–Kier alpha value is -3.15. The summed E-state index contributed by atoms with van der Waals surface area (Å²) >= 11 is 0. The standard InChI is InChI=1S/C27H34O6/c1-10-33-25(30)22(23(28)16-11-12-20(31-8)21(15-16)32-9)17-13-18(26(2,3)4)24(29)19(14-17)27(5,6)7/h11-15H,10H2,1-9H3. The molecular formula is C27H34O6. The maximum absolute atomic E-state index is 13.6. The summed E-state index contributed by atoms with van der Waals surface area (Å²) in [6.07, 6.45) is 3.28. The first-order valence-electron chi connectivity index (χ1n) is 10.9. The Balaban J connectivity index is 2.85. The number of hydrogen-bond acceptors (Lipinski definition) is 6. The van der Waals surface area contributed by atoms with E-state index in [1.54, 1.807) is 31.2 Å². The fraction of sp³-hybridized carbons (Fsp3) is 0.444. The number of ketones is 2. The Morgan fingerprint density at radius 3 is 1.79 bits per heavy atom. The summed E-state index contributed by atoms with van der Waals surface area (Å²) in [4.78, 5) is 39.9. The lowest BCUT2D eigenvalue weighted by Gasteiger charge is -2.31. The molecule has 0 fully saturated rings. The van der Waals surface area contributed by atoms with Gasteiger partial charge in [0.15, 0.2) is 17.3 Å². The average molecular weight is 455 g/mol. The quantitative estimate of drug-likeness (QED) is 0.191. The van der Waals surface area contributed by atoms with Crippen molar-refractivity contribution < 1.29 is 28.6 Å². The van der Waals surface area contributed by atoms with E-state index in [4.69, 9.17) is 14.2 Å². The molecule has 0 spiro atoms. The number of allylic oxidation sites excluding steroid dienone is 5. The predicted octanol–water partition coefficient (Wildman–Crippen LogP) is 5.27. The molecule has 0 heterocycles. The van der Waals surface area contributed by atoms with Gasteiger partial charge in [0.25, 0.3) is 0 Å². The van der Waals surface area contributed by atoms with Crippen LogP contribution in [0.3, 0.4) is 0 Å². The number of ether oxygens (including phenoxy) is 3. The second-order valence-electron chi connectivity index (χ2n) is 9.89. The van der Waals surface area contributed by atoms with Crippen molar-refractivity contribution in [1.29, 1.82) is 0 Å². The van der Waals surface area contributed by atoms with Crippen LogP contribution in [0.5, 0.6) is 11.5 Å². The molecular weight excluding hydrogens is 420 g/mol. The third kappa shape index (κ3) is 5.62. The molecule has 1 aliphatic carbocycles. The molecule has 0 saturated heterocycles. The summed E-state index contributed by atoms with van der Waals surface area (Å²) in [5.41, 5.74) is 0.580. The van der Waals surface area contributed by atoms with Gasteiger partial charge in [0.2, 0.25) is 5.78 Å². The SMILES string of the molecule is CCOC(=O)C(C(=O)c1ccc(OC)c(OC)c1)=C1C=C(C(C)(C)C)C(=O)C(C(C)(C)C)=C1. The normalized spacial score (nSPS) is 14.3. The van der Waals surface area contributed by atoms with Crippen LogP contribution in [-0.4, -0.2) is 38.4 Å². The van der Waals surface area contributed by atoms with E-state index in [1.807, 2.05) is 41.5 Å². The number of methoxy groups -OCH3 is 2. The van der Waals surface area contributed by atoms with Gasteiger partial charge in [-0.1, -0.05) is 41.5 Å². The molecule has 0 amide bonds. The second-order valence-corrected chi connectivity index (χ2v) is 9.89. The third-order valence-electron chi connectivity index (χ3n) is 5.35. The Morgan fingerprint density at radius 2 is 1.36 bits per heavy atom. The zero-order chi connectivity index (χ0) is 25.1. The van der Waals surface area contributed by atoms with Crippen LogP contribution in [0.1, 0.15) is 58.8 Å². The molecule has 0 atom stereocenters. The molecule has 6 heteroatoms. The van der Waals surface area contributed by atoms with Gasteiger partial charge >= 0.3 is 5.97 Å². The van der Waals surface area contributed by atoms with Crippen molar-refractivity contribution in [1.82, 2.24) is 0 Å². The summed E-state index contributed by atoms with van der Waals surface area (Å²) in [7, 11) is 2.97. The topological polar surface area (TPSA) is 78.9 Å². The van der Waals surface area contributed by atoms with Crippen LogP contribution in [0.25, 0.3) is 0 Å². The largest absolute Gasteiger partial charge is 0.493 e. The molecule has 6 nitrogen and oxygen atoms in total. The van der Waals surface area contributed by atoms with E-state index < -0.39 is 22.6 Å². The maximum atomic E-state index is 13.6. The number of hydrogen-bond donors (Lipinski definition) is 0. The maximum Gasteiger partial charge on any atom is 0.342 e. The van der Waals surface area contributed by atoms with Crippen LogP contribution in [-0.2, 0) is 14.3 Å². The van der Waals surface area contributed by atoms with E-state index in [2.05, 4.69) is 0 Å². The minimum atomic E-state index is -0.740. The molecule has 0 unspecified atom stereocenters. The number of esters is 1. The van der Waals surface area contributed by atoms with Crippen LogP contribution < -0.4 is 9.47 Å². The van der Waals surface area contributed by atoms with Crippen molar-refractivity contribution in [3.8, 4) is 11.5 Å². The highest BCUT2D eigenvalue weighted by molar-refractivity contribution is 6.26. The Kier molecular flexibility index (Phi) is 7.73. The van der Waals surface area contributed by atoms with Crippen molar-refractivity contribution in [3.05, 3.63) is 58.2 Å². The molecule has 178 valence electrons. The highest BCUT2D eigenvalue weighted by Gasteiger charge is 2.36. The monoisotopic (exact) mass is 454 g/mol. The summed E-state index contributed by atoms with van der Waals surface area (Å²) < 4.78 is 15.8. The highest BCUT2D eigenvalue weighted by Crippen LogP contribution is 2.40. The van der Waals surface area contributed by atoms with E-state index in [0.29, 0.717) is 28.2 Å². The van der Waals surface area contributed by atoms with E-state index in [1.165, 1.54) is 20.3 Å². The summed E-state index contributed by atoms with van der Waals surface area (Å²) in [5, 5.41) is 0. The fourth-order valence-corrected chi connectivity index (χ4v) is 3.55. The molecule has 0 radical (unpaired) electrons. The van der Waals surface area contributed by atoms with Crippen molar-refractivity contribution in [2.45, 2.75) is 48.5 Å². The number of benzene rings is 1. The molecule has 1 aliphatic rings. The molecule has 0 saturated carbocycles. The van der Waals surface area contributed by atoms with Crippen LogP contribution >= 0.6 is 0 Å². The molecule has 0 aromatic heterocycles. The number of carbonyl (C=O) groups excluding carboxylic acids is 3. The zero-order valence-electron chi connectivity index (χ0n) is 21.0. The van der Waals surface area contributed by atoms with E-state index in [0.717, 1.165) is 0 Å². The Bertz CT molecular complexity index is 1020. The lowest BCUT2D eigenvalue weighted by Crippen LogP contribution is -2.29. The molecule has 0 aliphatic heterocycles. The van der Waals surface area contributed by atoms with Gasteiger partial charge in [-0.2, -0.15) is 0 Å². The Morgan fingerprint density at radius 1 is 0.848 bits per heavy atom. The van der Waals surface area contributed by atoms with Gasteiger partial charge in [0.05, 0.1) is 20.8 Å². The molecule has 0 N–H and O–H groups in total. The fourth-order valence-electron chi connectivity index (χ4n) is 3.55. The van der Waals surface area contributed by atoms with Gasteiger partial charge < -0.3 is 14.2 Å². The molecule has 1 aromatic rings. The zero-order valence-corrected chi connectivity index (χ0v) is 21.0. The van der Waals surface area contributed by atoms with E-state index in [9.17, 15) is 14.4 Å². The first-order valence-corrected chi connectivity index (χ1v) is 10.9. The van der Waals surface area contributed by atoms with Crippen molar-refractivity contribution in [2.75, 3.05) is 20.8 Å². The first kappa shape index (κ1) is 26.1. The van der Waals surface area contributed by atoms with E-state index >= 15 is 0 Å². The highest BCUT2D eigenvalue weighted by atomic mass is 16.5. The minimum Gasteiger partial charge on any atom is -0.493 e. The molecule has 2 rings (SSSR count). The first-order chi connectivity index (χ1) is 15.3. The van der Waals surface area contributed by atoms with Gasteiger partial charge in [0, 0.05) is 16.7 Å². The average Bonchev–Trinajstić information content (AvgIpc) is 2.72. The minimum absolute atomic E-state index is 0.0828. The van der Waals surface area contributed by atoms with Gasteiger partial charge in [-0.3, -0.25) is 9.59 Å². The van der Waals surface area contributed by atoms with E-state index in [-0.39, 0.29) is 23.5 Å². The molecule has 0 bridgehead atoms. The van der Waals surface area contributed by atoms with Gasteiger partial charge in [-0.25, -0.2) is 4.79 Å². The number of carbonyl (C=O) groups is 3. The van der Waals surface area contributed by atoms with Gasteiger partial charge in [0.1, 0.15) is 5.57 Å². The Labute approximate surface area is 196 Å². The summed E-state index contributed by atoms with van der Waals surface area (Å²) in [5.74, 6) is -0.511. The summed E-state index contributed by atoms with van der Waals surface area (Å²) in [6, 6.07) is 4.70. The van der Waals surface area contributed by atoms with Crippen LogP contribution in [0.2, 0.25) is 0 Å². The van der Waals surface area contributed by atoms with Gasteiger partial charge in [-0.15, -0.1) is 0 Å². The lowest BCUT2D eigenvalue weighted by atomic mass is 9.71. The van der Waals surface area contributed by atoms with Crippen molar-refractivity contribution in [2.24, 2.45) is 10.8 Å². The predicted molar refractivity (Wildman–Crippen MR) is 128 cm³/mol. The lowest BCUT2D eigenvalue weighted by molar-refractivity contribution is -0.138. The van der Waals surface area contributed by atoms with Crippen molar-refractivity contribution >= 4 is 17.5 Å². The third-order valence-corrected chi connectivity index (χ3v) is 5.35. The summed E-state index contributed by atoms with van der Waals surface area (Å²) in [6.45, 7) is 13.4. The van der Waals surface area contributed by atoms with Gasteiger partial charge in [-0.05, 0) is 53.7 Å².